The smallest absolute Gasteiger partial charge is 0.251 e. The van der Waals surface area contributed by atoms with Crippen molar-refractivity contribution in [3.8, 4) is 5.75 Å². The van der Waals surface area contributed by atoms with Crippen LogP contribution in [0.3, 0.4) is 0 Å². The summed E-state index contributed by atoms with van der Waals surface area (Å²) in [5.41, 5.74) is 0.627. The summed E-state index contributed by atoms with van der Waals surface area (Å²) < 4.78 is 10.4. The van der Waals surface area contributed by atoms with Gasteiger partial charge in [-0.25, -0.2) is 0 Å². The van der Waals surface area contributed by atoms with Gasteiger partial charge in [-0.05, 0) is 18.2 Å². The van der Waals surface area contributed by atoms with Gasteiger partial charge >= 0.3 is 0 Å². The summed E-state index contributed by atoms with van der Waals surface area (Å²) in [6, 6.07) is 7.20. The van der Waals surface area contributed by atoms with Crippen LogP contribution in [0.15, 0.2) is 24.3 Å². The Kier molecular flexibility index (Phi) is 7.36. The standard InChI is InChI=1S/C14H20N2O3.ClH/c1-18-5-6-19-13-4-2-3-12(7-13)14(17)16-10-11-8-15-9-11;/h2-4,7,11,15H,5-6,8-10H2,1H3,(H,16,17);1H. The van der Waals surface area contributed by atoms with E-state index in [4.69, 9.17) is 9.47 Å². The van der Waals surface area contributed by atoms with Crippen LogP contribution in [0.5, 0.6) is 5.75 Å². The molecule has 1 amide bonds. The Bertz CT molecular complexity index is 425. The fourth-order valence-corrected chi connectivity index (χ4v) is 1.80. The zero-order chi connectivity index (χ0) is 13.5. The molecular weight excluding hydrogens is 280 g/mol. The Morgan fingerprint density at radius 2 is 2.20 bits per heavy atom. The first kappa shape index (κ1) is 16.8. The van der Waals surface area contributed by atoms with Crippen molar-refractivity contribution in [1.29, 1.82) is 0 Å². The third-order valence-corrected chi connectivity index (χ3v) is 3.07. The van der Waals surface area contributed by atoms with Gasteiger partial charge in [-0.2, -0.15) is 0 Å². The predicted octanol–water partition coefficient (Wildman–Crippen LogP) is 1.08. The maximum Gasteiger partial charge on any atom is 0.251 e. The lowest BCUT2D eigenvalue weighted by Crippen LogP contribution is -2.48. The molecule has 1 aromatic carbocycles. The van der Waals surface area contributed by atoms with Crippen molar-refractivity contribution in [3.05, 3.63) is 29.8 Å². The number of halogens is 1. The van der Waals surface area contributed by atoms with Gasteiger partial charge in [-0.1, -0.05) is 6.07 Å². The summed E-state index contributed by atoms with van der Waals surface area (Å²) >= 11 is 0. The van der Waals surface area contributed by atoms with E-state index in [1.165, 1.54) is 0 Å². The summed E-state index contributed by atoms with van der Waals surface area (Å²) in [6.07, 6.45) is 0. The second kappa shape index (κ2) is 8.79. The lowest BCUT2D eigenvalue weighted by Gasteiger charge is -2.27. The zero-order valence-corrected chi connectivity index (χ0v) is 12.4. The molecule has 0 unspecified atom stereocenters. The Morgan fingerprint density at radius 3 is 2.85 bits per heavy atom. The van der Waals surface area contributed by atoms with E-state index in [2.05, 4.69) is 10.6 Å². The first-order valence-electron chi connectivity index (χ1n) is 6.50. The van der Waals surface area contributed by atoms with Gasteiger partial charge < -0.3 is 20.1 Å². The zero-order valence-electron chi connectivity index (χ0n) is 11.6. The molecule has 0 aromatic heterocycles. The van der Waals surface area contributed by atoms with Gasteiger partial charge in [0.05, 0.1) is 6.61 Å². The van der Waals surface area contributed by atoms with Crippen molar-refractivity contribution < 1.29 is 14.3 Å². The Balaban J connectivity index is 0.00000200. The number of carbonyl (C=O) groups excluding carboxylic acids is 1. The van der Waals surface area contributed by atoms with Crippen LogP contribution < -0.4 is 15.4 Å². The number of ether oxygens (including phenoxy) is 2. The molecule has 2 rings (SSSR count). The van der Waals surface area contributed by atoms with Crippen molar-refractivity contribution in [2.75, 3.05) is 40.0 Å². The summed E-state index contributed by atoms with van der Waals surface area (Å²) in [5, 5.41) is 6.12. The highest BCUT2D eigenvalue weighted by Gasteiger charge is 2.17. The second-order valence-electron chi connectivity index (χ2n) is 4.60. The predicted molar refractivity (Wildman–Crippen MR) is 79.8 cm³/mol. The molecule has 112 valence electrons. The summed E-state index contributed by atoms with van der Waals surface area (Å²) in [5.74, 6) is 1.20. The van der Waals surface area contributed by atoms with E-state index in [0.29, 0.717) is 30.4 Å². The average Bonchev–Trinajstić information content (AvgIpc) is 2.37. The number of hydrogen-bond donors (Lipinski definition) is 2. The van der Waals surface area contributed by atoms with Crippen LogP contribution in [0.25, 0.3) is 0 Å². The van der Waals surface area contributed by atoms with Gasteiger partial charge in [0.25, 0.3) is 5.91 Å². The third kappa shape index (κ3) is 5.00. The van der Waals surface area contributed by atoms with Gasteiger partial charge in [0.2, 0.25) is 0 Å². The van der Waals surface area contributed by atoms with Crippen molar-refractivity contribution in [2.45, 2.75) is 0 Å². The molecule has 6 heteroatoms. The Morgan fingerprint density at radius 1 is 1.40 bits per heavy atom. The normalized spacial score (nSPS) is 14.1. The van der Waals surface area contributed by atoms with Gasteiger partial charge in [-0.3, -0.25) is 4.79 Å². The fraction of sp³-hybridized carbons (Fsp3) is 0.500. The highest BCUT2D eigenvalue weighted by molar-refractivity contribution is 5.94. The highest BCUT2D eigenvalue weighted by atomic mass is 35.5. The second-order valence-corrected chi connectivity index (χ2v) is 4.60. The summed E-state index contributed by atoms with van der Waals surface area (Å²) in [4.78, 5) is 12.0. The largest absolute Gasteiger partial charge is 0.491 e. The molecule has 5 nitrogen and oxygen atoms in total. The van der Waals surface area contributed by atoms with E-state index in [-0.39, 0.29) is 18.3 Å². The van der Waals surface area contributed by atoms with E-state index in [1.807, 2.05) is 12.1 Å². The van der Waals surface area contributed by atoms with Crippen LogP contribution in [-0.2, 0) is 4.74 Å². The number of rotatable bonds is 7. The van der Waals surface area contributed by atoms with Crippen LogP contribution in [0.2, 0.25) is 0 Å². The minimum atomic E-state index is -0.0518. The van der Waals surface area contributed by atoms with Crippen LogP contribution in [-0.4, -0.2) is 45.9 Å². The minimum Gasteiger partial charge on any atom is -0.491 e. The molecule has 1 aliphatic rings. The summed E-state index contributed by atoms with van der Waals surface area (Å²) in [6.45, 7) is 3.71. The number of hydrogen-bond acceptors (Lipinski definition) is 4. The van der Waals surface area contributed by atoms with E-state index >= 15 is 0 Å². The van der Waals surface area contributed by atoms with Crippen molar-refractivity contribution in [2.24, 2.45) is 5.92 Å². The molecule has 2 N–H and O–H groups in total. The molecule has 1 aromatic rings. The molecule has 20 heavy (non-hydrogen) atoms. The molecule has 0 aliphatic carbocycles. The molecular formula is C14H21ClN2O3. The topological polar surface area (TPSA) is 59.6 Å². The average molecular weight is 301 g/mol. The third-order valence-electron chi connectivity index (χ3n) is 3.07. The van der Waals surface area contributed by atoms with Gasteiger partial charge in [0.1, 0.15) is 12.4 Å². The quantitative estimate of drug-likeness (QED) is 0.740. The van der Waals surface area contributed by atoms with E-state index in [1.54, 1.807) is 19.2 Å². The molecule has 0 spiro atoms. The molecule has 0 bridgehead atoms. The Hall–Kier alpha value is -1.30. The lowest BCUT2D eigenvalue weighted by atomic mass is 10.0. The first-order valence-corrected chi connectivity index (χ1v) is 6.50. The molecule has 0 saturated carbocycles. The van der Waals surface area contributed by atoms with Gasteiger partial charge in [0.15, 0.2) is 0 Å². The molecule has 0 atom stereocenters. The lowest BCUT2D eigenvalue weighted by molar-refractivity contribution is 0.0941. The minimum absolute atomic E-state index is 0. The number of methoxy groups -OCH3 is 1. The monoisotopic (exact) mass is 300 g/mol. The fourth-order valence-electron chi connectivity index (χ4n) is 1.80. The van der Waals surface area contributed by atoms with Crippen molar-refractivity contribution in [3.63, 3.8) is 0 Å². The molecule has 1 fully saturated rings. The van der Waals surface area contributed by atoms with E-state index < -0.39 is 0 Å². The van der Waals surface area contributed by atoms with Crippen LogP contribution in [0.1, 0.15) is 10.4 Å². The Labute approximate surface area is 125 Å². The summed E-state index contributed by atoms with van der Waals surface area (Å²) in [7, 11) is 1.63. The van der Waals surface area contributed by atoms with Crippen LogP contribution in [0.4, 0.5) is 0 Å². The van der Waals surface area contributed by atoms with Crippen molar-refractivity contribution >= 4 is 18.3 Å². The van der Waals surface area contributed by atoms with Crippen LogP contribution in [0, 0.1) is 5.92 Å². The van der Waals surface area contributed by atoms with Crippen LogP contribution >= 0.6 is 12.4 Å². The molecule has 0 radical (unpaired) electrons. The number of nitrogens with one attached hydrogen (secondary N) is 2. The molecule has 1 saturated heterocycles. The van der Waals surface area contributed by atoms with Gasteiger partial charge in [-0.15, -0.1) is 12.4 Å². The number of amides is 1. The van der Waals surface area contributed by atoms with E-state index in [9.17, 15) is 4.79 Å². The number of carbonyl (C=O) groups is 1. The maximum absolute atomic E-state index is 12.0. The maximum atomic E-state index is 12.0. The highest BCUT2D eigenvalue weighted by Crippen LogP contribution is 2.13. The number of benzene rings is 1. The van der Waals surface area contributed by atoms with E-state index in [0.717, 1.165) is 19.6 Å². The molecule has 1 heterocycles. The first-order chi connectivity index (χ1) is 9.29. The van der Waals surface area contributed by atoms with Gasteiger partial charge in [0, 0.05) is 38.2 Å². The van der Waals surface area contributed by atoms with Crippen molar-refractivity contribution in [1.82, 2.24) is 10.6 Å². The SMILES string of the molecule is COCCOc1cccc(C(=O)NCC2CNC2)c1.Cl. The molecule has 1 aliphatic heterocycles.